The van der Waals surface area contributed by atoms with E-state index in [9.17, 15) is 19.5 Å². The molecular formula is C31H36ClN3O5. The summed E-state index contributed by atoms with van der Waals surface area (Å²) in [5, 5.41) is 16.8. The van der Waals surface area contributed by atoms with Crippen LogP contribution in [0.3, 0.4) is 0 Å². The van der Waals surface area contributed by atoms with Crippen molar-refractivity contribution < 1.29 is 24.2 Å². The van der Waals surface area contributed by atoms with Crippen molar-refractivity contribution in [1.29, 1.82) is 0 Å². The van der Waals surface area contributed by atoms with Gasteiger partial charge in [-0.25, -0.2) is 4.79 Å². The van der Waals surface area contributed by atoms with Gasteiger partial charge in [0.15, 0.2) is 0 Å². The van der Waals surface area contributed by atoms with Crippen LogP contribution in [0.15, 0.2) is 66.7 Å². The third-order valence-corrected chi connectivity index (χ3v) is 6.60. The van der Waals surface area contributed by atoms with Crippen LogP contribution in [0.2, 0.25) is 5.02 Å². The number of phenols is 1. The number of rotatable bonds is 8. The van der Waals surface area contributed by atoms with Crippen molar-refractivity contribution in [1.82, 2.24) is 10.2 Å². The molecule has 212 valence electrons. The van der Waals surface area contributed by atoms with Crippen molar-refractivity contribution in [2.75, 3.05) is 12.4 Å². The van der Waals surface area contributed by atoms with Crippen molar-refractivity contribution in [2.45, 2.75) is 58.7 Å². The molecule has 0 bridgehead atoms. The maximum absolute atomic E-state index is 14.0. The van der Waals surface area contributed by atoms with Crippen LogP contribution in [0.1, 0.15) is 49.1 Å². The second-order valence-electron chi connectivity index (χ2n) is 10.7. The van der Waals surface area contributed by atoms with Crippen LogP contribution < -0.4 is 10.6 Å². The van der Waals surface area contributed by atoms with Crippen LogP contribution >= 0.6 is 11.6 Å². The highest BCUT2D eigenvalue weighted by atomic mass is 35.5. The Kier molecular flexibility index (Phi) is 9.82. The van der Waals surface area contributed by atoms with Crippen molar-refractivity contribution in [3.05, 3.63) is 94.0 Å². The van der Waals surface area contributed by atoms with Crippen LogP contribution in [0.25, 0.3) is 0 Å². The summed E-state index contributed by atoms with van der Waals surface area (Å²) in [6.07, 6.45) is -0.609. The average Bonchev–Trinajstić information content (AvgIpc) is 2.87. The minimum atomic E-state index is -1.25. The zero-order chi connectivity index (χ0) is 29.6. The number of nitrogens with zero attached hydrogens (tertiary/aromatic N) is 1. The monoisotopic (exact) mass is 565 g/mol. The number of nitrogens with one attached hydrogen (secondary N) is 2. The van der Waals surface area contributed by atoms with Gasteiger partial charge in [-0.1, -0.05) is 72.3 Å². The Hall–Kier alpha value is -4.04. The number of para-hydroxylation sites is 2. The van der Waals surface area contributed by atoms with Crippen LogP contribution in [0, 0.1) is 13.8 Å². The first-order valence-electron chi connectivity index (χ1n) is 12.9. The van der Waals surface area contributed by atoms with E-state index in [2.05, 4.69) is 10.6 Å². The fourth-order valence-corrected chi connectivity index (χ4v) is 4.55. The molecule has 0 spiro atoms. The quantitative estimate of drug-likeness (QED) is 0.313. The van der Waals surface area contributed by atoms with Crippen LogP contribution in [0.4, 0.5) is 10.5 Å². The Morgan fingerprint density at radius 2 is 1.57 bits per heavy atom. The summed E-state index contributed by atoms with van der Waals surface area (Å²) in [7, 11) is 1.46. The number of amides is 3. The smallest absolute Gasteiger partial charge is 0.408 e. The molecule has 2 unspecified atom stereocenters. The van der Waals surface area contributed by atoms with E-state index < -0.39 is 35.6 Å². The molecule has 0 aliphatic rings. The Labute approximate surface area is 240 Å². The molecule has 0 aliphatic heterocycles. The lowest BCUT2D eigenvalue weighted by molar-refractivity contribution is -0.139. The minimum Gasteiger partial charge on any atom is -0.507 e. The van der Waals surface area contributed by atoms with E-state index in [1.807, 2.05) is 30.3 Å². The van der Waals surface area contributed by atoms with Crippen molar-refractivity contribution in [2.24, 2.45) is 0 Å². The highest BCUT2D eigenvalue weighted by molar-refractivity contribution is 6.34. The zero-order valence-corrected chi connectivity index (χ0v) is 24.4. The van der Waals surface area contributed by atoms with Crippen LogP contribution in [-0.4, -0.2) is 46.6 Å². The summed E-state index contributed by atoms with van der Waals surface area (Å²) in [5.41, 5.74) is 1.93. The second kappa shape index (κ2) is 12.9. The number of carbonyl (C=O) groups is 3. The topological polar surface area (TPSA) is 108 Å². The molecule has 3 aromatic rings. The van der Waals surface area contributed by atoms with Gasteiger partial charge < -0.3 is 25.4 Å². The maximum atomic E-state index is 14.0. The molecule has 0 fully saturated rings. The predicted octanol–water partition coefficient (Wildman–Crippen LogP) is 5.94. The van der Waals surface area contributed by atoms with E-state index in [1.165, 1.54) is 11.9 Å². The summed E-state index contributed by atoms with van der Waals surface area (Å²) in [6.45, 7) is 8.69. The summed E-state index contributed by atoms with van der Waals surface area (Å²) in [6, 6.07) is 17.1. The molecule has 40 heavy (non-hydrogen) atoms. The Bertz CT molecular complexity index is 1350. The minimum absolute atomic E-state index is 0.113. The highest BCUT2D eigenvalue weighted by Gasteiger charge is 2.36. The van der Waals surface area contributed by atoms with Gasteiger partial charge in [-0.3, -0.25) is 9.59 Å². The number of phenolic OH excluding ortho intramolecular Hbond substituents is 1. The molecule has 3 N–H and O–H groups in total. The molecule has 3 rings (SSSR count). The average molecular weight is 566 g/mol. The first-order chi connectivity index (χ1) is 18.8. The van der Waals surface area contributed by atoms with Gasteiger partial charge in [0, 0.05) is 19.0 Å². The lowest BCUT2D eigenvalue weighted by Gasteiger charge is -2.32. The van der Waals surface area contributed by atoms with Gasteiger partial charge in [-0.2, -0.15) is 0 Å². The van der Waals surface area contributed by atoms with Gasteiger partial charge in [0.05, 0.1) is 10.7 Å². The van der Waals surface area contributed by atoms with Crippen molar-refractivity contribution >= 4 is 35.2 Å². The normalized spacial score (nSPS) is 12.7. The number of halogens is 1. The molecule has 8 nitrogen and oxygen atoms in total. The highest BCUT2D eigenvalue weighted by Crippen LogP contribution is 2.34. The summed E-state index contributed by atoms with van der Waals surface area (Å²) < 4.78 is 5.41. The number of anilines is 1. The van der Waals surface area contributed by atoms with Crippen molar-refractivity contribution in [3.63, 3.8) is 0 Å². The third-order valence-electron chi connectivity index (χ3n) is 6.29. The zero-order valence-electron chi connectivity index (χ0n) is 23.6. The van der Waals surface area contributed by atoms with Gasteiger partial charge in [0.1, 0.15) is 23.4 Å². The Morgan fingerprint density at radius 1 is 0.950 bits per heavy atom. The second-order valence-corrected chi connectivity index (χ2v) is 11.1. The molecule has 0 radical (unpaired) electrons. The SMILES string of the molecule is Cc1cccc(C(C(=O)Nc2c(C)cccc2Cl)N(C)C(=O)C(Cc2ccccc2)NC(=O)OC(C)(C)C)c1O. The molecule has 0 saturated heterocycles. The number of likely N-dealkylation sites (N-methyl/N-ethyl adjacent to an activating group) is 1. The Morgan fingerprint density at radius 3 is 2.20 bits per heavy atom. The number of aryl methyl sites for hydroxylation is 2. The standard InChI is InChI=1S/C31H36ClN3O5/c1-19-12-11-17-23(32)25(19)34-28(37)26(22-16-10-13-20(2)27(22)36)35(6)29(38)24(18-21-14-8-7-9-15-21)33-30(39)40-31(3,4)5/h7-17,24,26,36H,18H2,1-6H3,(H,33,39)(H,34,37). The van der Waals surface area contributed by atoms with E-state index in [1.54, 1.807) is 71.0 Å². The fraction of sp³-hybridized carbons (Fsp3) is 0.323. The van der Waals surface area contributed by atoms with E-state index in [4.69, 9.17) is 16.3 Å². The van der Waals surface area contributed by atoms with E-state index in [0.29, 0.717) is 16.3 Å². The number of hydrogen-bond acceptors (Lipinski definition) is 5. The molecule has 2 atom stereocenters. The number of aromatic hydroxyl groups is 1. The molecule has 0 saturated carbocycles. The van der Waals surface area contributed by atoms with Crippen LogP contribution in [-0.2, 0) is 20.7 Å². The molecule has 3 amide bonds. The molecule has 3 aromatic carbocycles. The number of alkyl carbamates (subject to hydrolysis) is 1. The molecular weight excluding hydrogens is 530 g/mol. The predicted molar refractivity (Wildman–Crippen MR) is 156 cm³/mol. The van der Waals surface area contributed by atoms with Gasteiger partial charge in [0.25, 0.3) is 5.91 Å². The van der Waals surface area contributed by atoms with Crippen molar-refractivity contribution in [3.8, 4) is 5.75 Å². The maximum Gasteiger partial charge on any atom is 0.408 e. The molecule has 0 aliphatic carbocycles. The number of benzene rings is 3. The summed E-state index contributed by atoms with van der Waals surface area (Å²) in [4.78, 5) is 41.8. The van der Waals surface area contributed by atoms with Gasteiger partial charge in [0.2, 0.25) is 5.91 Å². The Balaban J connectivity index is 2.02. The van der Waals surface area contributed by atoms with Gasteiger partial charge in [-0.05, 0) is 57.4 Å². The number of carbonyl (C=O) groups excluding carboxylic acids is 3. The summed E-state index contributed by atoms with van der Waals surface area (Å²) >= 11 is 6.37. The van der Waals surface area contributed by atoms with Gasteiger partial charge in [-0.15, -0.1) is 0 Å². The third kappa shape index (κ3) is 7.76. The fourth-order valence-electron chi connectivity index (χ4n) is 4.28. The van der Waals surface area contributed by atoms with Gasteiger partial charge >= 0.3 is 6.09 Å². The number of hydrogen-bond donors (Lipinski definition) is 3. The van der Waals surface area contributed by atoms with E-state index >= 15 is 0 Å². The lowest BCUT2D eigenvalue weighted by Crippen LogP contribution is -2.52. The first-order valence-corrected chi connectivity index (χ1v) is 13.3. The number of ether oxygens (including phenoxy) is 1. The molecule has 0 aromatic heterocycles. The largest absolute Gasteiger partial charge is 0.507 e. The molecule has 9 heteroatoms. The lowest BCUT2D eigenvalue weighted by atomic mass is 9.98. The van der Waals surface area contributed by atoms with Crippen LogP contribution in [0.5, 0.6) is 5.75 Å². The summed E-state index contributed by atoms with van der Waals surface area (Å²) in [5.74, 6) is -1.24. The van der Waals surface area contributed by atoms with E-state index in [0.717, 1.165) is 11.1 Å². The van der Waals surface area contributed by atoms with E-state index in [-0.39, 0.29) is 17.7 Å². The molecule has 0 heterocycles. The first kappa shape index (κ1) is 30.5.